The molecule has 0 spiro atoms. The fourth-order valence-electron chi connectivity index (χ4n) is 3.19. The number of rotatable bonds is 16. The number of benzene rings is 2. The van der Waals surface area contributed by atoms with Gasteiger partial charge in [-0.25, -0.2) is 0 Å². The van der Waals surface area contributed by atoms with E-state index in [2.05, 4.69) is 34.7 Å². The second-order valence-electron chi connectivity index (χ2n) is 7.44. The van der Waals surface area contributed by atoms with Gasteiger partial charge < -0.3 is 9.47 Å². The summed E-state index contributed by atoms with van der Waals surface area (Å²) in [6, 6.07) is 14.5. The first-order chi connectivity index (χ1) is 14.6. The zero-order valence-corrected chi connectivity index (χ0v) is 19.7. The molecule has 0 amide bonds. The Morgan fingerprint density at radius 2 is 1.00 bits per heavy atom. The van der Waals surface area contributed by atoms with Crippen molar-refractivity contribution in [2.45, 2.75) is 64.2 Å². The van der Waals surface area contributed by atoms with E-state index in [1.807, 2.05) is 12.1 Å². The average Bonchev–Trinajstić information content (AvgIpc) is 2.75. The highest BCUT2D eigenvalue weighted by atomic mass is 127. The van der Waals surface area contributed by atoms with E-state index in [1.165, 1.54) is 67.1 Å². The Hall–Kier alpha value is -1.83. The normalized spacial score (nSPS) is 10.7. The number of unbranched alkanes of at least 4 members (excludes halogenated alkanes) is 9. The Morgan fingerprint density at radius 1 is 0.633 bits per heavy atom. The highest BCUT2D eigenvalue weighted by molar-refractivity contribution is 14.1. The van der Waals surface area contributed by atoms with Gasteiger partial charge in [-0.3, -0.25) is 10.1 Å². The molecule has 0 radical (unpaired) electrons. The molecule has 0 aliphatic carbocycles. The summed E-state index contributed by atoms with van der Waals surface area (Å²) in [4.78, 5) is 10.2. The topological polar surface area (TPSA) is 61.6 Å². The van der Waals surface area contributed by atoms with Crippen LogP contribution in [0.5, 0.6) is 11.5 Å². The lowest BCUT2D eigenvalue weighted by molar-refractivity contribution is -0.384. The maximum atomic E-state index is 10.6. The molecule has 0 atom stereocenters. The lowest BCUT2D eigenvalue weighted by atomic mass is 10.1. The van der Waals surface area contributed by atoms with Crippen molar-refractivity contribution in [1.29, 1.82) is 0 Å². The van der Waals surface area contributed by atoms with Crippen LogP contribution in [-0.2, 0) is 0 Å². The third-order valence-electron chi connectivity index (χ3n) is 4.94. The number of nitrogens with zero attached hydrogens (tertiary/aromatic N) is 1. The summed E-state index contributed by atoms with van der Waals surface area (Å²) in [6.45, 7) is 1.48. The summed E-state index contributed by atoms with van der Waals surface area (Å²) >= 11 is 2.30. The van der Waals surface area contributed by atoms with E-state index in [4.69, 9.17) is 9.47 Å². The summed E-state index contributed by atoms with van der Waals surface area (Å²) in [5.41, 5.74) is 0.0951. The lowest BCUT2D eigenvalue weighted by Crippen LogP contribution is -1.97. The fraction of sp³-hybridized carbons (Fsp3) is 0.500. The predicted molar refractivity (Wildman–Crippen MR) is 129 cm³/mol. The van der Waals surface area contributed by atoms with Gasteiger partial charge in [-0.05, 0) is 71.8 Å². The SMILES string of the molecule is O=[N+]([O-])c1ccc(OCCCCCCCCCCCCOc2ccc(I)cc2)cc1. The zero-order chi connectivity index (χ0) is 21.4. The third-order valence-corrected chi connectivity index (χ3v) is 5.66. The Morgan fingerprint density at radius 3 is 1.40 bits per heavy atom. The Bertz CT molecular complexity index is 719. The van der Waals surface area contributed by atoms with Crippen molar-refractivity contribution in [1.82, 2.24) is 0 Å². The molecular formula is C24H32INO4. The molecule has 164 valence electrons. The van der Waals surface area contributed by atoms with E-state index in [0.29, 0.717) is 12.4 Å². The minimum atomic E-state index is -0.398. The fourth-order valence-corrected chi connectivity index (χ4v) is 3.55. The van der Waals surface area contributed by atoms with Crippen LogP contribution in [-0.4, -0.2) is 18.1 Å². The van der Waals surface area contributed by atoms with Crippen LogP contribution in [0.1, 0.15) is 64.2 Å². The standard InChI is InChI=1S/C24H32INO4/c25-21-11-15-23(16-12-21)29-19-9-7-5-3-1-2-4-6-8-10-20-30-24-17-13-22(14-18-24)26(27)28/h11-18H,1-10,19-20H2. The molecular weight excluding hydrogens is 493 g/mol. The molecule has 0 aliphatic rings. The van der Waals surface area contributed by atoms with E-state index in [9.17, 15) is 10.1 Å². The summed E-state index contributed by atoms with van der Waals surface area (Å²) < 4.78 is 12.6. The van der Waals surface area contributed by atoms with Gasteiger partial charge in [-0.1, -0.05) is 51.4 Å². The monoisotopic (exact) mass is 525 g/mol. The second kappa shape index (κ2) is 15.0. The minimum absolute atomic E-state index is 0.0951. The average molecular weight is 525 g/mol. The minimum Gasteiger partial charge on any atom is -0.494 e. The van der Waals surface area contributed by atoms with Crippen LogP contribution in [0, 0.1) is 13.7 Å². The largest absolute Gasteiger partial charge is 0.494 e. The lowest BCUT2D eigenvalue weighted by Gasteiger charge is -2.07. The molecule has 2 rings (SSSR count). The predicted octanol–water partition coefficient (Wildman–Crippen LogP) is 7.56. The molecule has 0 unspecified atom stereocenters. The summed E-state index contributed by atoms with van der Waals surface area (Å²) in [7, 11) is 0. The first kappa shape index (κ1) is 24.4. The van der Waals surface area contributed by atoms with E-state index < -0.39 is 4.92 Å². The van der Waals surface area contributed by atoms with Crippen molar-refractivity contribution in [2.75, 3.05) is 13.2 Å². The summed E-state index contributed by atoms with van der Waals surface area (Å²) in [5.74, 6) is 1.66. The molecule has 6 heteroatoms. The van der Waals surface area contributed by atoms with Crippen LogP contribution in [0.2, 0.25) is 0 Å². The van der Waals surface area contributed by atoms with Gasteiger partial charge in [-0.2, -0.15) is 0 Å². The van der Waals surface area contributed by atoms with E-state index in [0.717, 1.165) is 25.2 Å². The molecule has 0 aromatic heterocycles. The van der Waals surface area contributed by atoms with Gasteiger partial charge in [0.15, 0.2) is 0 Å². The molecule has 0 heterocycles. The van der Waals surface area contributed by atoms with Crippen LogP contribution < -0.4 is 9.47 Å². The zero-order valence-electron chi connectivity index (χ0n) is 17.6. The molecule has 0 N–H and O–H groups in total. The van der Waals surface area contributed by atoms with Gasteiger partial charge in [0.05, 0.1) is 18.1 Å². The van der Waals surface area contributed by atoms with Gasteiger partial charge >= 0.3 is 0 Å². The maximum Gasteiger partial charge on any atom is 0.269 e. The van der Waals surface area contributed by atoms with Crippen molar-refractivity contribution in [3.05, 3.63) is 62.2 Å². The highest BCUT2D eigenvalue weighted by Crippen LogP contribution is 2.18. The Balaban J connectivity index is 1.33. The molecule has 2 aromatic rings. The van der Waals surface area contributed by atoms with Crippen molar-refractivity contribution in [2.24, 2.45) is 0 Å². The maximum absolute atomic E-state index is 10.6. The van der Waals surface area contributed by atoms with Crippen LogP contribution in [0.25, 0.3) is 0 Å². The van der Waals surface area contributed by atoms with Gasteiger partial charge in [0, 0.05) is 15.7 Å². The number of non-ortho nitro benzene ring substituents is 1. The number of nitro groups is 1. The molecule has 0 aliphatic heterocycles. The number of nitro benzene ring substituents is 1. The number of hydrogen-bond donors (Lipinski definition) is 0. The van der Waals surface area contributed by atoms with Gasteiger partial charge in [0.2, 0.25) is 0 Å². The number of halogens is 1. The van der Waals surface area contributed by atoms with Crippen LogP contribution in [0.4, 0.5) is 5.69 Å². The Kier molecular flexibility index (Phi) is 12.3. The van der Waals surface area contributed by atoms with Gasteiger partial charge in [0.1, 0.15) is 11.5 Å². The molecule has 0 saturated heterocycles. The molecule has 30 heavy (non-hydrogen) atoms. The number of ether oxygens (including phenoxy) is 2. The summed E-state index contributed by atoms with van der Waals surface area (Å²) in [5, 5.41) is 10.6. The first-order valence-electron chi connectivity index (χ1n) is 10.9. The van der Waals surface area contributed by atoms with E-state index >= 15 is 0 Å². The van der Waals surface area contributed by atoms with E-state index in [-0.39, 0.29) is 5.69 Å². The van der Waals surface area contributed by atoms with Gasteiger partial charge in [0.25, 0.3) is 5.69 Å². The van der Waals surface area contributed by atoms with E-state index in [1.54, 1.807) is 12.1 Å². The van der Waals surface area contributed by atoms with Crippen LogP contribution in [0.3, 0.4) is 0 Å². The van der Waals surface area contributed by atoms with Crippen molar-refractivity contribution < 1.29 is 14.4 Å². The van der Waals surface area contributed by atoms with Crippen LogP contribution in [0.15, 0.2) is 48.5 Å². The molecule has 0 bridgehead atoms. The van der Waals surface area contributed by atoms with Gasteiger partial charge in [-0.15, -0.1) is 0 Å². The number of hydrogen-bond acceptors (Lipinski definition) is 4. The van der Waals surface area contributed by atoms with Crippen molar-refractivity contribution >= 4 is 28.3 Å². The second-order valence-corrected chi connectivity index (χ2v) is 8.68. The third kappa shape index (κ3) is 10.8. The smallest absolute Gasteiger partial charge is 0.269 e. The van der Waals surface area contributed by atoms with Crippen molar-refractivity contribution in [3.63, 3.8) is 0 Å². The molecule has 0 fully saturated rings. The quantitative estimate of drug-likeness (QED) is 0.0982. The molecule has 0 saturated carbocycles. The summed E-state index contributed by atoms with van der Waals surface area (Å²) in [6.07, 6.45) is 12.3. The van der Waals surface area contributed by atoms with Crippen molar-refractivity contribution in [3.8, 4) is 11.5 Å². The first-order valence-corrected chi connectivity index (χ1v) is 12.0. The molecule has 2 aromatic carbocycles. The van der Waals surface area contributed by atoms with Crippen LogP contribution >= 0.6 is 22.6 Å². The Labute approximate surface area is 193 Å². The highest BCUT2D eigenvalue weighted by Gasteiger charge is 2.04. The molecule has 5 nitrogen and oxygen atoms in total.